The van der Waals surface area contributed by atoms with E-state index in [-0.39, 0.29) is 16.8 Å². The van der Waals surface area contributed by atoms with E-state index in [0.29, 0.717) is 13.2 Å². The molecule has 0 aromatic carbocycles. The number of nitrogens with zero attached hydrogens (tertiary/aromatic N) is 3. The average Bonchev–Trinajstić information content (AvgIpc) is 2.70. The Morgan fingerprint density at radius 1 is 1.61 bits per heavy atom. The number of rotatable bonds is 6. The van der Waals surface area contributed by atoms with E-state index in [1.807, 2.05) is 6.92 Å². The van der Waals surface area contributed by atoms with Crippen LogP contribution in [0.1, 0.15) is 13.8 Å². The summed E-state index contributed by atoms with van der Waals surface area (Å²) in [6.07, 6.45) is 1.45. The van der Waals surface area contributed by atoms with E-state index in [0.717, 1.165) is 0 Å². The van der Waals surface area contributed by atoms with Gasteiger partial charge in [0.05, 0.1) is 6.61 Å². The normalized spacial score (nSPS) is 14.1. The van der Waals surface area contributed by atoms with E-state index in [9.17, 15) is 8.42 Å². The third-order valence-electron chi connectivity index (χ3n) is 2.76. The number of methoxy groups -OCH3 is 1. The molecule has 0 saturated carbocycles. The lowest BCUT2D eigenvalue weighted by molar-refractivity contribution is 0.149. The molecule has 0 radical (unpaired) electrons. The molecule has 0 bridgehead atoms. The number of aromatic nitrogens is 2. The number of anilines is 1. The number of hydrogen-bond donors (Lipinski definition) is 1. The molecule has 0 aliphatic heterocycles. The average molecular weight is 276 g/mol. The maximum absolute atomic E-state index is 12.3. The fourth-order valence-corrected chi connectivity index (χ4v) is 2.92. The van der Waals surface area contributed by atoms with Crippen LogP contribution < -0.4 is 5.73 Å². The highest BCUT2D eigenvalue weighted by atomic mass is 32.2. The Morgan fingerprint density at radius 3 is 2.67 bits per heavy atom. The minimum Gasteiger partial charge on any atom is -0.383 e. The number of nitrogens with two attached hydrogens (primary N) is 1. The monoisotopic (exact) mass is 276 g/mol. The van der Waals surface area contributed by atoms with Crippen LogP contribution in [-0.4, -0.2) is 49.3 Å². The number of sulfonamides is 1. The molecule has 0 saturated heterocycles. The van der Waals surface area contributed by atoms with Gasteiger partial charge in [0.15, 0.2) is 5.82 Å². The second-order valence-corrected chi connectivity index (χ2v) is 6.03. The molecule has 1 heterocycles. The van der Waals surface area contributed by atoms with Crippen molar-refractivity contribution < 1.29 is 13.2 Å². The van der Waals surface area contributed by atoms with E-state index in [1.165, 1.54) is 29.3 Å². The summed E-state index contributed by atoms with van der Waals surface area (Å²) >= 11 is 0. The Hall–Kier alpha value is -1.12. The van der Waals surface area contributed by atoms with Crippen LogP contribution >= 0.6 is 0 Å². The lowest BCUT2D eigenvalue weighted by Crippen LogP contribution is -2.37. The first-order chi connectivity index (χ1) is 8.34. The SMILES string of the molecule is CCn1cc(S(=O)(=O)N(C)C(C)COC)c(N)n1. The van der Waals surface area contributed by atoms with E-state index in [1.54, 1.807) is 6.92 Å². The van der Waals surface area contributed by atoms with Gasteiger partial charge in [0.25, 0.3) is 0 Å². The zero-order valence-corrected chi connectivity index (χ0v) is 11.9. The summed E-state index contributed by atoms with van der Waals surface area (Å²) in [5.74, 6) is 0.0216. The number of likely N-dealkylation sites (N-methyl/N-ethyl adjacent to an activating group) is 1. The zero-order valence-electron chi connectivity index (χ0n) is 11.1. The highest BCUT2D eigenvalue weighted by molar-refractivity contribution is 7.89. The van der Waals surface area contributed by atoms with Gasteiger partial charge in [-0.3, -0.25) is 4.68 Å². The first-order valence-electron chi connectivity index (χ1n) is 5.64. The zero-order chi connectivity index (χ0) is 13.9. The van der Waals surface area contributed by atoms with Gasteiger partial charge in [0.1, 0.15) is 4.90 Å². The molecule has 0 spiro atoms. The lowest BCUT2D eigenvalue weighted by Gasteiger charge is -2.23. The van der Waals surface area contributed by atoms with Crippen LogP contribution in [0.3, 0.4) is 0 Å². The minimum atomic E-state index is -3.64. The quantitative estimate of drug-likeness (QED) is 0.798. The van der Waals surface area contributed by atoms with Gasteiger partial charge in [-0.1, -0.05) is 0 Å². The standard InChI is InChI=1S/C10H20N4O3S/c1-5-14-6-9(10(11)12-14)18(15,16)13(3)8(2)7-17-4/h6,8H,5,7H2,1-4H3,(H2,11,12). The Kier molecular flexibility index (Phi) is 4.71. The lowest BCUT2D eigenvalue weighted by atomic mass is 10.4. The molecule has 8 heteroatoms. The van der Waals surface area contributed by atoms with Crippen molar-refractivity contribution in [2.45, 2.75) is 31.3 Å². The summed E-state index contributed by atoms with van der Waals surface area (Å²) in [5, 5.41) is 3.94. The van der Waals surface area contributed by atoms with Gasteiger partial charge >= 0.3 is 0 Å². The van der Waals surface area contributed by atoms with E-state index in [2.05, 4.69) is 5.10 Å². The molecule has 0 fully saturated rings. The van der Waals surface area contributed by atoms with Crippen LogP contribution in [0, 0.1) is 0 Å². The molecule has 1 aromatic heterocycles. The van der Waals surface area contributed by atoms with Gasteiger partial charge in [-0.15, -0.1) is 0 Å². The second kappa shape index (κ2) is 5.68. The predicted octanol–water partition coefficient (Wildman–Crippen LogP) is 0.141. The molecule has 1 atom stereocenters. The van der Waals surface area contributed by atoms with Crippen molar-refractivity contribution in [3.8, 4) is 0 Å². The number of aryl methyl sites for hydroxylation is 1. The highest BCUT2D eigenvalue weighted by Gasteiger charge is 2.29. The first-order valence-corrected chi connectivity index (χ1v) is 7.08. The van der Waals surface area contributed by atoms with Gasteiger partial charge in [-0.05, 0) is 13.8 Å². The second-order valence-electron chi connectivity index (χ2n) is 4.06. The predicted molar refractivity (Wildman–Crippen MR) is 68.6 cm³/mol. The van der Waals surface area contributed by atoms with Crippen LogP contribution in [0.5, 0.6) is 0 Å². The first kappa shape index (κ1) is 14.9. The van der Waals surface area contributed by atoms with Crippen LogP contribution in [0.15, 0.2) is 11.1 Å². The highest BCUT2D eigenvalue weighted by Crippen LogP contribution is 2.21. The summed E-state index contributed by atoms with van der Waals surface area (Å²) in [4.78, 5) is 0.0369. The van der Waals surface area contributed by atoms with Crippen molar-refractivity contribution in [2.75, 3.05) is 26.5 Å². The molecule has 1 unspecified atom stereocenters. The van der Waals surface area contributed by atoms with Crippen molar-refractivity contribution >= 4 is 15.8 Å². The van der Waals surface area contributed by atoms with E-state index < -0.39 is 10.0 Å². The molecule has 1 aromatic rings. The van der Waals surface area contributed by atoms with Crippen molar-refractivity contribution in [1.82, 2.24) is 14.1 Å². The summed E-state index contributed by atoms with van der Waals surface area (Å²) < 4.78 is 32.4. The Balaban J connectivity index is 3.08. The van der Waals surface area contributed by atoms with Crippen molar-refractivity contribution in [2.24, 2.45) is 0 Å². The number of nitrogen functional groups attached to an aromatic ring is 1. The molecule has 18 heavy (non-hydrogen) atoms. The summed E-state index contributed by atoms with van der Waals surface area (Å²) in [6.45, 7) is 4.51. The van der Waals surface area contributed by atoms with Gasteiger partial charge in [-0.25, -0.2) is 8.42 Å². The van der Waals surface area contributed by atoms with Crippen molar-refractivity contribution in [1.29, 1.82) is 0 Å². The summed E-state index contributed by atoms with van der Waals surface area (Å²) in [5.41, 5.74) is 5.65. The van der Waals surface area contributed by atoms with Crippen molar-refractivity contribution in [3.63, 3.8) is 0 Å². The molecule has 2 N–H and O–H groups in total. The Bertz CT molecular complexity index is 497. The Labute approximate surface area is 108 Å². The molecule has 7 nitrogen and oxygen atoms in total. The summed E-state index contributed by atoms with van der Waals surface area (Å²) in [6, 6.07) is -0.274. The minimum absolute atomic E-state index is 0.0216. The topological polar surface area (TPSA) is 90.5 Å². The maximum atomic E-state index is 12.3. The molecule has 104 valence electrons. The molecule has 0 aliphatic rings. The van der Waals surface area contributed by atoms with Gasteiger partial charge in [0, 0.05) is 32.9 Å². The third kappa shape index (κ3) is 2.82. The number of hydrogen-bond acceptors (Lipinski definition) is 5. The van der Waals surface area contributed by atoms with E-state index >= 15 is 0 Å². The van der Waals surface area contributed by atoms with Crippen LogP contribution in [-0.2, 0) is 21.3 Å². The number of ether oxygens (including phenoxy) is 1. The fraction of sp³-hybridized carbons (Fsp3) is 0.700. The fourth-order valence-electron chi connectivity index (χ4n) is 1.52. The van der Waals surface area contributed by atoms with Gasteiger partial charge in [0.2, 0.25) is 10.0 Å². The molecular weight excluding hydrogens is 256 g/mol. The maximum Gasteiger partial charge on any atom is 0.248 e. The van der Waals surface area contributed by atoms with E-state index in [4.69, 9.17) is 10.5 Å². The van der Waals surface area contributed by atoms with Gasteiger partial charge in [-0.2, -0.15) is 9.40 Å². The van der Waals surface area contributed by atoms with Crippen LogP contribution in [0.25, 0.3) is 0 Å². The van der Waals surface area contributed by atoms with Crippen LogP contribution in [0.2, 0.25) is 0 Å². The third-order valence-corrected chi connectivity index (χ3v) is 4.75. The van der Waals surface area contributed by atoms with Crippen molar-refractivity contribution in [3.05, 3.63) is 6.20 Å². The van der Waals surface area contributed by atoms with Crippen LogP contribution in [0.4, 0.5) is 5.82 Å². The molecule has 1 rings (SSSR count). The van der Waals surface area contributed by atoms with Gasteiger partial charge < -0.3 is 10.5 Å². The summed E-state index contributed by atoms with van der Waals surface area (Å²) in [7, 11) is -0.605. The largest absolute Gasteiger partial charge is 0.383 e. The Morgan fingerprint density at radius 2 is 2.22 bits per heavy atom. The molecule has 0 amide bonds. The smallest absolute Gasteiger partial charge is 0.248 e. The molecular formula is C10H20N4O3S. The molecule has 0 aliphatic carbocycles.